The van der Waals surface area contributed by atoms with Gasteiger partial charge in [0.05, 0.1) is 26.4 Å². The number of phosphoric acid groups is 2. The Morgan fingerprint density at radius 2 is 0.482 bits per heavy atom. The molecule has 0 radical (unpaired) electrons. The van der Waals surface area contributed by atoms with Crippen LogP contribution in [-0.4, -0.2) is 96.7 Å². The summed E-state index contributed by atoms with van der Waals surface area (Å²) in [7, 11) is -9.88. The van der Waals surface area contributed by atoms with Crippen LogP contribution >= 0.6 is 15.6 Å². The fraction of sp³-hybridized carbons (Fsp3) is 0.938. The Labute approximate surface area is 505 Å². The number of hydrogen-bond donors (Lipinski definition) is 3. The number of unbranched alkanes of at least 4 members (excludes halogenated alkanes) is 39. The van der Waals surface area contributed by atoms with Gasteiger partial charge in [0.1, 0.15) is 19.3 Å². The van der Waals surface area contributed by atoms with Crippen LogP contribution in [0.25, 0.3) is 0 Å². The summed E-state index contributed by atoms with van der Waals surface area (Å²) < 4.78 is 67.9. The highest BCUT2D eigenvalue weighted by Gasteiger charge is 2.30. The van der Waals surface area contributed by atoms with Crippen LogP contribution in [-0.2, 0) is 65.4 Å². The number of hydrogen-bond acceptors (Lipinski definition) is 15. The molecule has 0 amide bonds. The highest BCUT2D eigenvalue weighted by Crippen LogP contribution is 2.45. The second-order valence-corrected chi connectivity index (χ2v) is 26.1. The summed E-state index contributed by atoms with van der Waals surface area (Å²) in [4.78, 5) is 72.1. The van der Waals surface area contributed by atoms with Crippen molar-refractivity contribution in [1.29, 1.82) is 0 Å². The molecule has 0 heterocycles. The van der Waals surface area contributed by atoms with Crippen molar-refractivity contribution in [2.45, 2.75) is 348 Å². The number of aliphatic hydroxyl groups is 1. The van der Waals surface area contributed by atoms with E-state index in [4.69, 9.17) is 37.0 Å². The van der Waals surface area contributed by atoms with Crippen molar-refractivity contribution in [3.05, 3.63) is 0 Å². The van der Waals surface area contributed by atoms with Crippen LogP contribution in [0.4, 0.5) is 0 Å². The van der Waals surface area contributed by atoms with E-state index < -0.39 is 97.5 Å². The third kappa shape index (κ3) is 58.8. The zero-order valence-electron chi connectivity index (χ0n) is 53.2. The van der Waals surface area contributed by atoms with Gasteiger partial charge in [0.2, 0.25) is 0 Å². The molecule has 0 saturated carbocycles. The molecule has 0 spiro atoms. The lowest BCUT2D eigenvalue weighted by atomic mass is 10.0. The van der Waals surface area contributed by atoms with Crippen LogP contribution < -0.4 is 0 Å². The lowest BCUT2D eigenvalue weighted by Crippen LogP contribution is -2.30. The fourth-order valence-corrected chi connectivity index (χ4v) is 11.2. The number of carbonyl (C=O) groups excluding carboxylic acids is 4. The molecule has 492 valence electrons. The number of aliphatic hydroxyl groups excluding tert-OH is 1. The van der Waals surface area contributed by atoms with Gasteiger partial charge < -0.3 is 33.8 Å². The van der Waals surface area contributed by atoms with Crippen LogP contribution in [0.3, 0.4) is 0 Å². The van der Waals surface area contributed by atoms with Gasteiger partial charge in [0, 0.05) is 25.7 Å². The molecule has 19 heteroatoms. The minimum atomic E-state index is -4.94. The van der Waals surface area contributed by atoms with Gasteiger partial charge in [-0.25, -0.2) is 9.13 Å². The molecule has 0 bridgehead atoms. The maximum absolute atomic E-state index is 13.0. The molecule has 0 aromatic heterocycles. The number of rotatable bonds is 65. The normalized spacial score (nSPS) is 14.2. The molecule has 0 saturated heterocycles. The van der Waals surface area contributed by atoms with E-state index in [0.717, 1.165) is 103 Å². The summed E-state index contributed by atoms with van der Waals surface area (Å²) in [5.74, 6) is -2.13. The average Bonchev–Trinajstić information content (AvgIpc) is 3.46. The minimum Gasteiger partial charge on any atom is -0.462 e. The van der Waals surface area contributed by atoms with Crippen molar-refractivity contribution in [2.75, 3.05) is 39.6 Å². The third-order valence-corrected chi connectivity index (χ3v) is 16.8. The van der Waals surface area contributed by atoms with E-state index in [-0.39, 0.29) is 25.7 Å². The number of carbonyl (C=O) groups is 4. The molecule has 0 rings (SSSR count). The van der Waals surface area contributed by atoms with Gasteiger partial charge in [-0.3, -0.25) is 37.3 Å². The van der Waals surface area contributed by atoms with Crippen molar-refractivity contribution < 1.29 is 80.2 Å². The molecule has 17 nitrogen and oxygen atoms in total. The van der Waals surface area contributed by atoms with E-state index in [1.807, 2.05) is 0 Å². The number of phosphoric ester groups is 2. The number of ether oxygens (including phenoxy) is 4. The lowest BCUT2D eigenvalue weighted by molar-refractivity contribution is -0.161. The standard InChI is InChI=1S/C64H124O17P2/c1-5-9-13-17-21-24-27-28-29-30-31-32-35-39-43-47-51-64(69)81-60(55-75-62(67)49-45-41-37-33-25-22-18-14-10-6-2)57-79-83(72,73)77-53-58(65)52-76-82(70,71)78-56-59(54-74-61(66)48-44-40-36-20-16-12-8-4)80-63(68)50-46-42-38-34-26-23-19-15-11-7-3/h58-60,65H,5-57H2,1-4H3,(H,70,71)(H,72,73)/t58-,59+,60+/m0/s1. The van der Waals surface area contributed by atoms with Gasteiger partial charge >= 0.3 is 39.5 Å². The largest absolute Gasteiger partial charge is 0.472 e. The predicted molar refractivity (Wildman–Crippen MR) is 331 cm³/mol. The maximum Gasteiger partial charge on any atom is 0.472 e. The molecular weight excluding hydrogens is 1100 g/mol. The summed E-state index contributed by atoms with van der Waals surface area (Å²) in [5, 5.41) is 10.5. The molecule has 0 aromatic rings. The van der Waals surface area contributed by atoms with Crippen LogP contribution in [0.2, 0.25) is 0 Å². The molecule has 3 N–H and O–H groups in total. The minimum absolute atomic E-state index is 0.106. The second-order valence-electron chi connectivity index (χ2n) is 23.2. The van der Waals surface area contributed by atoms with Crippen molar-refractivity contribution in [3.63, 3.8) is 0 Å². The van der Waals surface area contributed by atoms with Gasteiger partial charge in [0.25, 0.3) is 0 Å². The second kappa shape index (κ2) is 59.0. The average molecular weight is 1230 g/mol. The van der Waals surface area contributed by atoms with E-state index in [9.17, 15) is 43.2 Å². The zero-order valence-corrected chi connectivity index (χ0v) is 54.9. The van der Waals surface area contributed by atoms with Gasteiger partial charge in [-0.05, 0) is 25.7 Å². The Hall–Kier alpha value is -1.94. The summed E-state index contributed by atoms with van der Waals surface area (Å²) >= 11 is 0. The van der Waals surface area contributed by atoms with Gasteiger partial charge in [0.15, 0.2) is 12.2 Å². The van der Waals surface area contributed by atoms with Crippen molar-refractivity contribution in [2.24, 2.45) is 0 Å². The number of esters is 4. The zero-order chi connectivity index (χ0) is 61.2. The lowest BCUT2D eigenvalue weighted by Gasteiger charge is -2.21. The van der Waals surface area contributed by atoms with Crippen molar-refractivity contribution >= 4 is 39.5 Å². The highest BCUT2D eigenvalue weighted by molar-refractivity contribution is 7.47. The smallest absolute Gasteiger partial charge is 0.462 e. The molecule has 0 aliphatic carbocycles. The highest BCUT2D eigenvalue weighted by atomic mass is 31.2. The van der Waals surface area contributed by atoms with E-state index in [0.29, 0.717) is 25.7 Å². The SMILES string of the molecule is CCCCCCCCCCCCCCCCCCC(=O)O[C@H](COC(=O)CCCCCCCCCCCC)COP(=O)(O)OC[C@@H](O)COP(=O)(O)OC[C@@H](COC(=O)CCCCCCCCC)OC(=O)CCCCCCCCCCCC. The molecule has 0 aromatic carbocycles. The summed E-state index contributed by atoms with van der Waals surface area (Å²) in [6.07, 6.45) is 44.5. The molecule has 5 atom stereocenters. The topological polar surface area (TPSA) is 237 Å². The first-order valence-corrected chi connectivity index (χ1v) is 36.8. The van der Waals surface area contributed by atoms with Crippen molar-refractivity contribution in [3.8, 4) is 0 Å². The molecular formula is C64H124O17P2. The van der Waals surface area contributed by atoms with Crippen molar-refractivity contribution in [1.82, 2.24) is 0 Å². The third-order valence-electron chi connectivity index (χ3n) is 14.9. The van der Waals surface area contributed by atoms with Gasteiger partial charge in [-0.2, -0.15) is 0 Å². The molecule has 0 aliphatic heterocycles. The fourth-order valence-electron chi connectivity index (χ4n) is 9.63. The van der Waals surface area contributed by atoms with Crippen LogP contribution in [0, 0.1) is 0 Å². The Kier molecular flexibility index (Phi) is 57.7. The molecule has 83 heavy (non-hydrogen) atoms. The predicted octanol–water partition coefficient (Wildman–Crippen LogP) is 17.9. The Balaban J connectivity index is 5.18. The van der Waals surface area contributed by atoms with Gasteiger partial charge in [-0.1, -0.05) is 278 Å². The van der Waals surface area contributed by atoms with Crippen LogP contribution in [0.1, 0.15) is 329 Å². The first-order valence-electron chi connectivity index (χ1n) is 33.8. The molecule has 0 aliphatic rings. The Bertz CT molecular complexity index is 1600. The first-order chi connectivity index (χ1) is 40.2. The molecule has 2 unspecified atom stereocenters. The summed E-state index contributed by atoms with van der Waals surface area (Å²) in [5.41, 5.74) is 0. The van der Waals surface area contributed by atoms with E-state index in [2.05, 4.69) is 27.7 Å². The Morgan fingerprint density at radius 3 is 0.711 bits per heavy atom. The monoisotopic (exact) mass is 1230 g/mol. The maximum atomic E-state index is 13.0. The van der Waals surface area contributed by atoms with E-state index >= 15 is 0 Å². The quantitative estimate of drug-likeness (QED) is 0.0222. The summed E-state index contributed by atoms with van der Waals surface area (Å²) in [6, 6.07) is 0. The van der Waals surface area contributed by atoms with Crippen LogP contribution in [0.15, 0.2) is 0 Å². The summed E-state index contributed by atoms with van der Waals surface area (Å²) in [6.45, 7) is 4.85. The van der Waals surface area contributed by atoms with E-state index in [1.54, 1.807) is 0 Å². The Morgan fingerprint density at radius 1 is 0.289 bits per heavy atom. The van der Waals surface area contributed by atoms with E-state index in [1.165, 1.54) is 148 Å². The van der Waals surface area contributed by atoms with Crippen LogP contribution in [0.5, 0.6) is 0 Å². The van der Waals surface area contributed by atoms with Gasteiger partial charge in [-0.15, -0.1) is 0 Å². The first kappa shape index (κ1) is 81.1. The molecule has 0 fully saturated rings.